The maximum Gasteiger partial charge on any atom is 4.00 e. The molecule has 33 heavy (non-hydrogen) atoms. The zero-order valence-corrected chi connectivity index (χ0v) is 24.5. The Kier molecular flexibility index (Phi) is 16.4. The van der Waals surface area contributed by atoms with Crippen molar-refractivity contribution in [3.8, 4) is 0 Å². The molecule has 0 saturated carbocycles. The Balaban J connectivity index is 0.000000460. The number of hydrogen-bond donors (Lipinski definition) is 0. The van der Waals surface area contributed by atoms with Crippen molar-refractivity contribution in [1.29, 1.82) is 0 Å². The van der Waals surface area contributed by atoms with Crippen LogP contribution in [0, 0.1) is 6.92 Å². The zero-order chi connectivity index (χ0) is 21.0. The number of halogens is 2. The molecule has 1 N–H and O–H groups in total. The van der Waals surface area contributed by atoms with Crippen LogP contribution in [0.3, 0.4) is 0 Å². The quantitative estimate of drug-likeness (QED) is 0.197. The second kappa shape index (κ2) is 17.4. The summed E-state index contributed by atoms with van der Waals surface area (Å²) in [5.41, 5.74) is 8.87. The third-order valence-electron chi connectivity index (χ3n) is 4.53. The Hall–Kier alpha value is -2.04. The van der Waals surface area contributed by atoms with E-state index in [1.54, 1.807) is 6.07 Å². The second-order valence-electron chi connectivity index (χ2n) is 6.83. The number of benzene rings is 4. The molecule has 2 radical (unpaired) electrons. The Morgan fingerprint density at radius 3 is 1.58 bits per heavy atom. The zero-order valence-electron chi connectivity index (χ0n) is 18.4. The summed E-state index contributed by atoms with van der Waals surface area (Å²) in [6, 6.07) is 43.4. The molecule has 0 fully saturated rings. The van der Waals surface area contributed by atoms with Crippen molar-refractivity contribution in [3.63, 3.8) is 0 Å². The number of rotatable bonds is 2. The van der Waals surface area contributed by atoms with Crippen LogP contribution < -0.4 is 35.2 Å². The summed E-state index contributed by atoms with van der Waals surface area (Å²) in [6.07, 6.45) is 0. The molecule has 0 bridgehead atoms. The first-order valence-corrected chi connectivity index (χ1v) is 11.0. The van der Waals surface area contributed by atoms with Crippen molar-refractivity contribution in [2.24, 2.45) is 0 Å². The van der Waals surface area contributed by atoms with E-state index in [-0.39, 0.29) is 50.7 Å². The first-order chi connectivity index (χ1) is 14.7. The third-order valence-corrected chi connectivity index (χ3v) is 5.77. The minimum atomic E-state index is 0. The summed E-state index contributed by atoms with van der Waals surface area (Å²) in [4.78, 5) is 0. The van der Waals surface area contributed by atoms with Crippen LogP contribution in [-0.2, 0) is 25.8 Å². The summed E-state index contributed by atoms with van der Waals surface area (Å²) in [5, 5.41) is 5.46. The molecule has 0 aliphatic rings. The minimum absolute atomic E-state index is 0. The van der Waals surface area contributed by atoms with E-state index >= 15 is 0 Å². The largest absolute Gasteiger partial charge is 4.00 e. The van der Waals surface area contributed by atoms with Crippen molar-refractivity contribution in [2.45, 2.75) is 6.92 Å². The Morgan fingerprint density at radius 2 is 1.09 bits per heavy atom. The molecule has 5 aromatic rings. The molecule has 0 heterocycles. The second-order valence-corrected chi connectivity index (χ2v) is 8.23. The van der Waals surface area contributed by atoms with Crippen LogP contribution in [-0.4, -0.2) is 9.52 Å². The van der Waals surface area contributed by atoms with Crippen molar-refractivity contribution in [2.75, 3.05) is 0 Å². The Labute approximate surface area is 231 Å². The van der Waals surface area contributed by atoms with Crippen LogP contribution in [0.5, 0.6) is 0 Å². The molecule has 5 rings (SSSR count). The van der Waals surface area contributed by atoms with Gasteiger partial charge in [-0.2, -0.15) is 17.5 Å². The van der Waals surface area contributed by atoms with E-state index in [0.29, 0.717) is 5.69 Å². The van der Waals surface area contributed by atoms with Crippen LogP contribution >= 0.6 is 0 Å². The summed E-state index contributed by atoms with van der Waals surface area (Å²) >= 11 is 0. The van der Waals surface area contributed by atoms with Crippen molar-refractivity contribution < 1.29 is 50.7 Å². The van der Waals surface area contributed by atoms with Crippen molar-refractivity contribution in [1.82, 2.24) is 0 Å². The fourth-order valence-corrected chi connectivity index (χ4v) is 3.90. The molecule has 0 aromatic heterocycles. The van der Waals surface area contributed by atoms with E-state index in [4.69, 9.17) is 5.73 Å². The van der Waals surface area contributed by atoms with Gasteiger partial charge in [-0.1, -0.05) is 107 Å². The predicted molar refractivity (Wildman–Crippen MR) is 133 cm³/mol. The summed E-state index contributed by atoms with van der Waals surface area (Å²) in [7, 11) is 0.777. The molecule has 0 atom stereocenters. The van der Waals surface area contributed by atoms with E-state index in [1.807, 2.05) is 25.1 Å². The summed E-state index contributed by atoms with van der Waals surface area (Å²) in [5.74, 6) is 0. The standard InChI is InChI=1S/C12H10Si.C9H7.C7H8N.2ClH.Hf/c1-3-7-11(8-4-1)13-12-9-5-2-6-10-12;1-2-5-9-7-3-6-8(9)4-1;1-6-4-2-3-5-7(6)8;;;/h1-10H;1-7H;2-5,8H,1H3;2*1H;/q;2*-1;;;+4/p-2. The molecule has 0 amide bonds. The molecule has 0 spiro atoms. The fourth-order valence-electron chi connectivity index (χ4n) is 2.85. The van der Waals surface area contributed by atoms with Gasteiger partial charge in [-0.3, -0.25) is 0 Å². The number of hydrogen-bond acceptors (Lipinski definition) is 0. The van der Waals surface area contributed by atoms with Gasteiger partial charge in [-0.15, -0.1) is 35.3 Å². The minimum Gasteiger partial charge on any atom is -1.00 e. The van der Waals surface area contributed by atoms with E-state index < -0.39 is 0 Å². The van der Waals surface area contributed by atoms with E-state index in [1.165, 1.54) is 21.1 Å². The molecule has 5 aromatic carbocycles. The van der Waals surface area contributed by atoms with Gasteiger partial charge in [-0.05, 0) is 6.92 Å². The fraction of sp³-hybridized carbons (Fsp3) is 0.0357. The first kappa shape index (κ1) is 31.0. The molecule has 0 saturated heterocycles. The maximum absolute atomic E-state index is 7.22. The van der Waals surface area contributed by atoms with Gasteiger partial charge in [0, 0.05) is 0 Å². The summed E-state index contributed by atoms with van der Waals surface area (Å²) < 4.78 is 0. The molecular formula is C28H25Cl2HfNSi. The third kappa shape index (κ3) is 11.1. The van der Waals surface area contributed by atoms with Crippen molar-refractivity contribution in [3.05, 3.63) is 139 Å². The van der Waals surface area contributed by atoms with Gasteiger partial charge in [0.15, 0.2) is 0 Å². The topological polar surface area (TPSA) is 23.8 Å². The smallest absolute Gasteiger partial charge is 1.00 e. The van der Waals surface area contributed by atoms with Crippen LogP contribution in [0.25, 0.3) is 16.5 Å². The number of nitrogens with one attached hydrogen (secondary N) is 1. The molecule has 164 valence electrons. The average molecular weight is 653 g/mol. The van der Waals surface area contributed by atoms with Gasteiger partial charge in [0.25, 0.3) is 0 Å². The van der Waals surface area contributed by atoms with Crippen LogP contribution in [0.15, 0.2) is 127 Å². The number of aryl methyl sites for hydroxylation is 1. The summed E-state index contributed by atoms with van der Waals surface area (Å²) in [6.45, 7) is 1.93. The van der Waals surface area contributed by atoms with E-state index in [9.17, 15) is 0 Å². The molecule has 0 aliphatic carbocycles. The molecule has 5 heteroatoms. The Morgan fingerprint density at radius 1 is 0.606 bits per heavy atom. The molecular weight excluding hydrogens is 628 g/mol. The van der Waals surface area contributed by atoms with E-state index in [0.717, 1.165) is 15.1 Å². The SMILES string of the molecule is Cc1ccccc1[NH-].[Cl-].[Cl-].[Hf+4].c1ccc([Si]c2ccccc2)cc1.c1ccc2[cH-]ccc2c1. The first-order valence-electron chi connectivity index (χ1n) is 9.97. The number of fused-ring (bicyclic) bond motifs is 1. The molecule has 0 unspecified atom stereocenters. The van der Waals surface area contributed by atoms with Crippen molar-refractivity contribution >= 4 is 36.4 Å². The van der Waals surface area contributed by atoms with Gasteiger partial charge in [0.2, 0.25) is 0 Å². The molecule has 1 nitrogen and oxygen atoms in total. The van der Waals surface area contributed by atoms with Gasteiger partial charge >= 0.3 is 25.8 Å². The normalized spacial score (nSPS) is 8.88. The van der Waals surface area contributed by atoms with Crippen LogP contribution in [0.1, 0.15) is 5.56 Å². The van der Waals surface area contributed by atoms with E-state index in [2.05, 4.69) is 103 Å². The van der Waals surface area contributed by atoms with Crippen LogP contribution in [0.2, 0.25) is 0 Å². The maximum atomic E-state index is 7.22. The monoisotopic (exact) mass is 653 g/mol. The predicted octanol–water partition coefficient (Wildman–Crippen LogP) is 0.585. The van der Waals surface area contributed by atoms with Gasteiger partial charge < -0.3 is 30.5 Å². The Bertz CT molecular complexity index is 1060. The van der Waals surface area contributed by atoms with Gasteiger partial charge in [0.1, 0.15) is 9.52 Å². The van der Waals surface area contributed by atoms with Crippen LogP contribution in [0.4, 0.5) is 5.69 Å². The molecule has 0 aliphatic heterocycles. The van der Waals surface area contributed by atoms with Gasteiger partial charge in [-0.25, -0.2) is 0 Å². The van der Waals surface area contributed by atoms with Gasteiger partial charge in [0.05, 0.1) is 0 Å². The average Bonchev–Trinajstić information content (AvgIpc) is 3.27.